The minimum absolute atomic E-state index is 0.0160. The maximum absolute atomic E-state index is 11.9. The molecule has 0 radical (unpaired) electrons. The molecule has 1 aliphatic rings. The summed E-state index contributed by atoms with van der Waals surface area (Å²) in [5, 5.41) is 14.9. The van der Waals surface area contributed by atoms with E-state index in [1.54, 1.807) is 0 Å². The largest absolute Gasteiger partial charge is 0.492 e. The maximum Gasteiger partial charge on any atom is 0.309 e. The zero-order valence-corrected chi connectivity index (χ0v) is 16.2. The molecule has 0 spiro atoms. The van der Waals surface area contributed by atoms with Crippen molar-refractivity contribution >= 4 is 22.3 Å². The van der Waals surface area contributed by atoms with E-state index in [1.165, 1.54) is 39.8 Å². The number of hydrogen-bond acceptors (Lipinski definition) is 6. The number of rotatable bonds is 4. The van der Waals surface area contributed by atoms with E-state index in [1.807, 2.05) is 0 Å². The van der Waals surface area contributed by atoms with Gasteiger partial charge in [0.2, 0.25) is 10.8 Å². The number of nitrogens with one attached hydrogen (secondary N) is 1. The molecule has 0 aliphatic carbocycles. The summed E-state index contributed by atoms with van der Waals surface area (Å²) in [5.74, 6) is -0.00317. The first-order valence-corrected chi connectivity index (χ1v) is 9.90. The highest BCUT2D eigenvalue weighted by Crippen LogP contribution is 2.35. The van der Waals surface area contributed by atoms with E-state index in [0.717, 1.165) is 36.4 Å². The minimum Gasteiger partial charge on any atom is -0.492 e. The zero-order chi connectivity index (χ0) is 19.0. The third-order valence-corrected chi connectivity index (χ3v) is 6.48. The number of fused-ring (bicyclic) bond motifs is 1. The van der Waals surface area contributed by atoms with Gasteiger partial charge in [-0.05, 0) is 6.92 Å². The Bertz CT molecular complexity index is 942. The van der Waals surface area contributed by atoms with Crippen molar-refractivity contribution in [1.82, 2.24) is 14.6 Å². The summed E-state index contributed by atoms with van der Waals surface area (Å²) in [6.45, 7) is 3.74. The molecule has 8 heteroatoms. The van der Waals surface area contributed by atoms with Crippen molar-refractivity contribution < 1.29 is 19.5 Å². The number of hydrogen-bond donors (Lipinski definition) is 2. The smallest absolute Gasteiger partial charge is 0.309 e. The molecule has 142 valence electrons. The molecule has 3 aromatic rings. The van der Waals surface area contributed by atoms with E-state index in [0.29, 0.717) is 4.96 Å². The lowest BCUT2D eigenvalue weighted by Gasteiger charge is -2.33. The highest BCUT2D eigenvalue weighted by molar-refractivity contribution is 7.17. The summed E-state index contributed by atoms with van der Waals surface area (Å²) in [7, 11) is 1.45. The Morgan fingerprint density at radius 1 is 1.33 bits per heavy atom. The molecule has 4 rings (SSSR count). The van der Waals surface area contributed by atoms with Gasteiger partial charge in [-0.15, -0.1) is 0 Å². The Balaban J connectivity index is 1.69. The Kier molecular flexibility index (Phi) is 4.84. The number of likely N-dealkylation sites (tertiary alicyclic amines) is 1. The molecule has 7 nitrogen and oxygen atoms in total. The van der Waals surface area contributed by atoms with Gasteiger partial charge in [0, 0.05) is 18.4 Å². The standard InChI is InChI=1S/C19H22N4O3S/c1-12-3-5-13(6-4-12)15(16-17(24)23-19(27-16)20-11-21-23)22-9-7-14(8-10-22)18(25)26-2/h3-6,11,14-15,24H,7-10H2,1-2H3/p+1/t15-/m0/s1. The fourth-order valence-corrected chi connectivity index (χ4v) is 5.01. The van der Waals surface area contributed by atoms with E-state index < -0.39 is 0 Å². The van der Waals surface area contributed by atoms with Crippen LogP contribution in [0.25, 0.3) is 4.96 Å². The highest BCUT2D eigenvalue weighted by Gasteiger charge is 2.37. The zero-order valence-electron chi connectivity index (χ0n) is 15.4. The lowest BCUT2D eigenvalue weighted by molar-refractivity contribution is -0.930. The molecular weight excluding hydrogens is 364 g/mol. The molecule has 27 heavy (non-hydrogen) atoms. The number of methoxy groups -OCH3 is 1. The van der Waals surface area contributed by atoms with E-state index in [2.05, 4.69) is 41.3 Å². The van der Waals surface area contributed by atoms with E-state index in [9.17, 15) is 9.90 Å². The fraction of sp³-hybridized carbons (Fsp3) is 0.421. The minimum atomic E-state index is -0.123. The topological polar surface area (TPSA) is 81.2 Å². The van der Waals surface area contributed by atoms with Crippen LogP contribution in [0.1, 0.15) is 34.9 Å². The molecule has 0 bridgehead atoms. The van der Waals surface area contributed by atoms with E-state index >= 15 is 0 Å². The number of thiazole rings is 1. The number of aryl methyl sites for hydroxylation is 1. The first-order chi connectivity index (χ1) is 13.1. The molecule has 1 aliphatic heterocycles. The van der Waals surface area contributed by atoms with Crippen LogP contribution in [0.4, 0.5) is 0 Å². The SMILES string of the molecule is COC(=O)C1CC[NH+]([C@@H](c2ccc(C)cc2)c2sc3ncnn3c2O)CC1. The number of ether oxygens (including phenoxy) is 1. The van der Waals surface area contributed by atoms with Gasteiger partial charge in [0.25, 0.3) is 0 Å². The van der Waals surface area contributed by atoms with Crippen LogP contribution in [0.2, 0.25) is 0 Å². The van der Waals surface area contributed by atoms with Gasteiger partial charge in [-0.25, -0.2) is 4.98 Å². The van der Waals surface area contributed by atoms with Gasteiger partial charge in [0.05, 0.1) is 26.1 Å². The van der Waals surface area contributed by atoms with Gasteiger partial charge in [0.1, 0.15) is 11.2 Å². The van der Waals surface area contributed by atoms with Crippen molar-refractivity contribution in [1.29, 1.82) is 0 Å². The van der Waals surface area contributed by atoms with Crippen molar-refractivity contribution in [3.05, 3.63) is 46.6 Å². The van der Waals surface area contributed by atoms with Crippen LogP contribution in [0, 0.1) is 12.8 Å². The summed E-state index contributed by atoms with van der Waals surface area (Å²) in [6.07, 6.45) is 3.02. The average molecular weight is 387 g/mol. The summed E-state index contributed by atoms with van der Waals surface area (Å²) >= 11 is 1.47. The molecule has 0 saturated carbocycles. The van der Waals surface area contributed by atoms with Crippen molar-refractivity contribution in [2.24, 2.45) is 5.92 Å². The molecule has 1 aromatic carbocycles. The fourth-order valence-electron chi connectivity index (χ4n) is 3.89. The second-order valence-electron chi connectivity index (χ2n) is 7.04. The first-order valence-electron chi connectivity index (χ1n) is 9.09. The normalized spacial score (nSPS) is 21.3. The molecule has 1 fully saturated rings. The summed E-state index contributed by atoms with van der Waals surface area (Å²) in [6, 6.07) is 8.41. The molecule has 0 unspecified atom stereocenters. The number of piperidine rings is 1. The molecular formula is C19H23N4O3S+. The molecule has 2 aromatic heterocycles. The van der Waals surface area contributed by atoms with Crippen LogP contribution < -0.4 is 4.90 Å². The quantitative estimate of drug-likeness (QED) is 0.661. The number of quaternary nitrogens is 1. The van der Waals surface area contributed by atoms with Crippen LogP contribution in [-0.4, -0.2) is 45.9 Å². The predicted molar refractivity (Wildman–Crippen MR) is 101 cm³/mol. The van der Waals surface area contributed by atoms with Gasteiger partial charge in [0.15, 0.2) is 6.04 Å². The third-order valence-electron chi connectivity index (χ3n) is 5.38. The number of aromatic nitrogens is 3. The van der Waals surface area contributed by atoms with Gasteiger partial charge < -0.3 is 14.7 Å². The number of aromatic hydroxyl groups is 1. The van der Waals surface area contributed by atoms with Gasteiger partial charge in [-0.1, -0.05) is 41.2 Å². The van der Waals surface area contributed by atoms with E-state index in [-0.39, 0.29) is 23.8 Å². The van der Waals surface area contributed by atoms with E-state index in [4.69, 9.17) is 4.74 Å². The van der Waals surface area contributed by atoms with Crippen molar-refractivity contribution in [2.75, 3.05) is 20.2 Å². The predicted octanol–water partition coefficient (Wildman–Crippen LogP) is 1.36. The number of carbonyl (C=O) groups excluding carboxylic acids is 1. The van der Waals surface area contributed by atoms with Gasteiger partial charge in [-0.3, -0.25) is 4.79 Å². The number of benzene rings is 1. The molecule has 1 atom stereocenters. The lowest BCUT2D eigenvalue weighted by Crippen LogP contribution is -3.13. The number of esters is 1. The van der Waals surface area contributed by atoms with Crippen molar-refractivity contribution in [3.8, 4) is 5.88 Å². The Morgan fingerprint density at radius 3 is 2.67 bits per heavy atom. The summed E-state index contributed by atoms with van der Waals surface area (Å²) < 4.78 is 6.40. The first kappa shape index (κ1) is 17.9. The van der Waals surface area contributed by atoms with Crippen LogP contribution in [-0.2, 0) is 9.53 Å². The second-order valence-corrected chi connectivity index (χ2v) is 8.05. The lowest BCUT2D eigenvalue weighted by atomic mass is 9.93. The second kappa shape index (κ2) is 7.28. The Labute approximate surface area is 161 Å². The monoisotopic (exact) mass is 387 g/mol. The van der Waals surface area contributed by atoms with Gasteiger partial charge in [-0.2, -0.15) is 9.61 Å². The Morgan fingerprint density at radius 2 is 2.04 bits per heavy atom. The van der Waals surface area contributed by atoms with Gasteiger partial charge >= 0.3 is 5.97 Å². The Hall–Kier alpha value is -2.45. The number of carbonyl (C=O) groups is 1. The molecule has 3 heterocycles. The third kappa shape index (κ3) is 3.30. The van der Waals surface area contributed by atoms with Crippen LogP contribution in [0.5, 0.6) is 5.88 Å². The maximum atomic E-state index is 11.9. The number of nitrogens with zero attached hydrogens (tertiary/aromatic N) is 3. The van der Waals surface area contributed by atoms with Crippen LogP contribution in [0.15, 0.2) is 30.6 Å². The molecule has 2 N–H and O–H groups in total. The van der Waals surface area contributed by atoms with Crippen molar-refractivity contribution in [3.63, 3.8) is 0 Å². The summed E-state index contributed by atoms with van der Waals surface area (Å²) in [5.41, 5.74) is 2.34. The van der Waals surface area contributed by atoms with Crippen molar-refractivity contribution in [2.45, 2.75) is 25.8 Å². The highest BCUT2D eigenvalue weighted by atomic mass is 32.1. The molecule has 0 amide bonds. The average Bonchev–Trinajstić information content (AvgIpc) is 3.27. The summed E-state index contributed by atoms with van der Waals surface area (Å²) in [4.78, 5) is 19.0. The van der Waals surface area contributed by atoms with Crippen LogP contribution >= 0.6 is 11.3 Å². The van der Waals surface area contributed by atoms with Crippen LogP contribution in [0.3, 0.4) is 0 Å². The molecule has 1 saturated heterocycles.